The van der Waals surface area contributed by atoms with Crippen molar-refractivity contribution in [3.8, 4) is 11.5 Å². The van der Waals surface area contributed by atoms with Crippen molar-refractivity contribution in [3.05, 3.63) is 60.2 Å². The second-order valence-corrected chi connectivity index (χ2v) is 5.42. The van der Waals surface area contributed by atoms with Crippen molar-refractivity contribution in [1.82, 2.24) is 0 Å². The van der Waals surface area contributed by atoms with Crippen molar-refractivity contribution in [2.45, 2.75) is 32.5 Å². The maximum Gasteiger partial charge on any atom is 0.349 e. The van der Waals surface area contributed by atoms with E-state index in [1.807, 2.05) is 49.4 Å². The van der Waals surface area contributed by atoms with Crippen molar-refractivity contribution >= 4 is 5.97 Å². The molecule has 0 heterocycles. The molecule has 0 N–H and O–H groups in total. The van der Waals surface area contributed by atoms with Crippen LogP contribution in [0.2, 0.25) is 0 Å². The molecule has 0 aliphatic rings. The maximum atomic E-state index is 11.8. The summed E-state index contributed by atoms with van der Waals surface area (Å²) in [5.41, 5.74) is 0.123. The fraction of sp³-hybridized carbons (Fsp3) is 0.316. The average Bonchev–Trinajstić information content (AvgIpc) is 2.61. The lowest BCUT2D eigenvalue weighted by Crippen LogP contribution is -2.41. The highest BCUT2D eigenvalue weighted by Gasteiger charge is 2.34. The van der Waals surface area contributed by atoms with Gasteiger partial charge < -0.3 is 14.2 Å². The van der Waals surface area contributed by atoms with E-state index in [0.29, 0.717) is 18.8 Å². The molecule has 4 heteroatoms. The van der Waals surface area contributed by atoms with Gasteiger partial charge in [0.05, 0.1) is 7.11 Å². The van der Waals surface area contributed by atoms with Crippen LogP contribution in [0.3, 0.4) is 0 Å². The minimum atomic E-state index is -0.985. The molecule has 0 bridgehead atoms. The number of methoxy groups -OCH3 is 1. The van der Waals surface area contributed by atoms with Crippen molar-refractivity contribution in [2.24, 2.45) is 0 Å². The monoisotopic (exact) mass is 314 g/mol. The minimum absolute atomic E-state index is 0.385. The van der Waals surface area contributed by atoms with Crippen molar-refractivity contribution in [3.63, 3.8) is 0 Å². The molecule has 0 radical (unpaired) electrons. The standard InChI is InChI=1S/C19H22O4/c1-4-19(2,18(20)21-3)23-17-12-10-16(11-13-17)22-14-15-8-6-5-7-9-15/h5-13H,4,14H2,1-3H3/t19-/m1/s1. The Labute approximate surface area is 137 Å². The number of carbonyl (C=O) groups is 1. The number of ether oxygens (including phenoxy) is 3. The van der Waals surface area contributed by atoms with Crippen LogP contribution in [0, 0.1) is 0 Å². The molecule has 1 atom stereocenters. The van der Waals surface area contributed by atoms with Crippen molar-refractivity contribution in [2.75, 3.05) is 7.11 Å². The van der Waals surface area contributed by atoms with Gasteiger partial charge in [-0.25, -0.2) is 4.79 Å². The Morgan fingerprint density at radius 2 is 1.61 bits per heavy atom. The van der Waals surface area contributed by atoms with Crippen LogP contribution in [-0.2, 0) is 16.1 Å². The van der Waals surface area contributed by atoms with E-state index in [-0.39, 0.29) is 5.97 Å². The van der Waals surface area contributed by atoms with Gasteiger partial charge in [-0.05, 0) is 43.2 Å². The van der Waals surface area contributed by atoms with E-state index in [1.165, 1.54) is 7.11 Å². The van der Waals surface area contributed by atoms with Crippen LogP contribution in [0.5, 0.6) is 11.5 Å². The molecule has 0 aliphatic carbocycles. The number of carbonyl (C=O) groups excluding carboxylic acids is 1. The Hall–Kier alpha value is -2.49. The molecule has 0 amide bonds. The molecule has 4 nitrogen and oxygen atoms in total. The fourth-order valence-electron chi connectivity index (χ4n) is 2.08. The third-order valence-corrected chi connectivity index (χ3v) is 3.71. The van der Waals surface area contributed by atoms with Gasteiger partial charge in [0.1, 0.15) is 18.1 Å². The summed E-state index contributed by atoms with van der Waals surface area (Å²) in [6, 6.07) is 17.2. The summed E-state index contributed by atoms with van der Waals surface area (Å²) in [5.74, 6) is 0.966. The number of benzene rings is 2. The Bertz CT molecular complexity index is 622. The van der Waals surface area contributed by atoms with E-state index in [0.717, 1.165) is 11.3 Å². The molecular weight excluding hydrogens is 292 g/mol. The third-order valence-electron chi connectivity index (χ3n) is 3.71. The Balaban J connectivity index is 1.97. The first-order valence-electron chi connectivity index (χ1n) is 7.61. The van der Waals surface area contributed by atoms with Gasteiger partial charge in [0.25, 0.3) is 0 Å². The zero-order chi connectivity index (χ0) is 16.7. The second-order valence-electron chi connectivity index (χ2n) is 5.42. The lowest BCUT2D eigenvalue weighted by Gasteiger charge is -2.26. The van der Waals surface area contributed by atoms with Crippen LogP contribution >= 0.6 is 0 Å². The van der Waals surface area contributed by atoms with Gasteiger partial charge in [-0.3, -0.25) is 0 Å². The zero-order valence-electron chi connectivity index (χ0n) is 13.7. The van der Waals surface area contributed by atoms with Crippen LogP contribution in [0.25, 0.3) is 0 Å². The zero-order valence-corrected chi connectivity index (χ0v) is 13.7. The van der Waals surface area contributed by atoms with E-state index < -0.39 is 5.60 Å². The van der Waals surface area contributed by atoms with Crippen molar-refractivity contribution in [1.29, 1.82) is 0 Å². The molecule has 122 valence electrons. The van der Waals surface area contributed by atoms with E-state index >= 15 is 0 Å². The van der Waals surface area contributed by atoms with Gasteiger partial charge in [-0.2, -0.15) is 0 Å². The lowest BCUT2D eigenvalue weighted by molar-refractivity contribution is -0.157. The molecule has 0 aromatic heterocycles. The smallest absolute Gasteiger partial charge is 0.349 e. The summed E-state index contributed by atoms with van der Waals surface area (Å²) in [7, 11) is 1.36. The molecule has 0 aliphatic heterocycles. The molecule has 0 saturated carbocycles. The van der Waals surface area contributed by atoms with Gasteiger partial charge >= 0.3 is 5.97 Å². The van der Waals surface area contributed by atoms with Gasteiger partial charge in [-0.15, -0.1) is 0 Å². The highest BCUT2D eigenvalue weighted by atomic mass is 16.6. The second kappa shape index (κ2) is 7.68. The van der Waals surface area contributed by atoms with E-state index in [4.69, 9.17) is 14.2 Å². The molecular formula is C19H22O4. The van der Waals surface area contributed by atoms with Gasteiger partial charge in [0, 0.05) is 0 Å². The van der Waals surface area contributed by atoms with Gasteiger partial charge in [0.2, 0.25) is 5.60 Å². The summed E-state index contributed by atoms with van der Waals surface area (Å²) < 4.78 is 16.3. The van der Waals surface area contributed by atoms with Crippen LogP contribution in [0.4, 0.5) is 0 Å². The van der Waals surface area contributed by atoms with Crippen LogP contribution in [0.15, 0.2) is 54.6 Å². The van der Waals surface area contributed by atoms with Crippen LogP contribution < -0.4 is 9.47 Å². The average molecular weight is 314 g/mol. The Morgan fingerprint density at radius 3 is 2.17 bits per heavy atom. The SMILES string of the molecule is CC[C@@](C)(Oc1ccc(OCc2ccccc2)cc1)C(=O)OC. The summed E-state index contributed by atoms with van der Waals surface area (Å²) >= 11 is 0. The third kappa shape index (κ3) is 4.49. The summed E-state index contributed by atoms with van der Waals surface area (Å²) in [6.45, 7) is 4.11. The molecule has 23 heavy (non-hydrogen) atoms. The molecule has 2 aromatic rings. The number of esters is 1. The van der Waals surface area contributed by atoms with Crippen LogP contribution in [-0.4, -0.2) is 18.7 Å². The first-order valence-corrected chi connectivity index (χ1v) is 7.61. The fourth-order valence-corrected chi connectivity index (χ4v) is 2.08. The largest absolute Gasteiger partial charge is 0.489 e. The summed E-state index contributed by atoms with van der Waals surface area (Å²) in [4.78, 5) is 11.8. The van der Waals surface area contributed by atoms with Crippen LogP contribution in [0.1, 0.15) is 25.8 Å². The maximum absolute atomic E-state index is 11.8. The molecule has 0 saturated heterocycles. The molecule has 0 fully saturated rings. The highest BCUT2D eigenvalue weighted by molar-refractivity contribution is 5.79. The van der Waals surface area contributed by atoms with Gasteiger partial charge in [0.15, 0.2) is 0 Å². The van der Waals surface area contributed by atoms with E-state index in [9.17, 15) is 4.79 Å². The molecule has 0 spiro atoms. The van der Waals surface area contributed by atoms with Gasteiger partial charge in [-0.1, -0.05) is 37.3 Å². The Kier molecular flexibility index (Phi) is 5.63. The first kappa shape index (κ1) is 16.9. The van der Waals surface area contributed by atoms with E-state index in [1.54, 1.807) is 19.1 Å². The van der Waals surface area contributed by atoms with E-state index in [2.05, 4.69) is 0 Å². The highest BCUT2D eigenvalue weighted by Crippen LogP contribution is 2.25. The first-order chi connectivity index (χ1) is 11.1. The summed E-state index contributed by atoms with van der Waals surface area (Å²) in [6.07, 6.45) is 0.520. The normalized spacial score (nSPS) is 13.0. The molecule has 2 rings (SSSR count). The topological polar surface area (TPSA) is 44.8 Å². The molecule has 2 aromatic carbocycles. The predicted octanol–water partition coefficient (Wildman–Crippen LogP) is 3.99. The molecule has 0 unspecified atom stereocenters. The quantitative estimate of drug-likeness (QED) is 0.725. The lowest BCUT2D eigenvalue weighted by atomic mass is 10.0. The number of rotatable bonds is 7. The number of hydrogen-bond donors (Lipinski definition) is 0. The predicted molar refractivity (Wildman–Crippen MR) is 88.6 cm³/mol. The Morgan fingerprint density at radius 1 is 1.00 bits per heavy atom. The summed E-state index contributed by atoms with van der Waals surface area (Å²) in [5, 5.41) is 0. The van der Waals surface area contributed by atoms with Crippen molar-refractivity contribution < 1.29 is 19.0 Å². The number of hydrogen-bond acceptors (Lipinski definition) is 4. The minimum Gasteiger partial charge on any atom is -0.489 e.